The van der Waals surface area contributed by atoms with Crippen molar-refractivity contribution in [1.82, 2.24) is 0 Å². The van der Waals surface area contributed by atoms with Gasteiger partial charge in [0.05, 0.1) is 10.6 Å². The minimum absolute atomic E-state index is 0.110. The molecule has 0 aliphatic carbocycles. The number of nitro benzene ring substituents is 1. The van der Waals surface area contributed by atoms with Crippen LogP contribution in [0.1, 0.15) is 10.4 Å². The molecule has 0 fully saturated rings. The molecule has 100 valence electrons. The van der Waals surface area contributed by atoms with E-state index in [0.717, 1.165) is 6.07 Å². The highest BCUT2D eigenvalue weighted by molar-refractivity contribution is 5.98. The summed E-state index contributed by atoms with van der Waals surface area (Å²) in [6.07, 6.45) is 0. The molecule has 0 heterocycles. The van der Waals surface area contributed by atoms with E-state index in [1.807, 2.05) is 0 Å². The number of guanidine groups is 2. The van der Waals surface area contributed by atoms with Crippen molar-refractivity contribution in [3.05, 3.63) is 33.9 Å². The summed E-state index contributed by atoms with van der Waals surface area (Å²) in [6.45, 7) is 0. The lowest BCUT2D eigenvalue weighted by Crippen LogP contribution is -2.26. The van der Waals surface area contributed by atoms with Crippen molar-refractivity contribution in [2.45, 2.75) is 0 Å². The van der Waals surface area contributed by atoms with Crippen molar-refractivity contribution in [2.24, 2.45) is 32.9 Å². The Morgan fingerprint density at radius 1 is 1.21 bits per heavy atom. The van der Waals surface area contributed by atoms with Crippen molar-refractivity contribution < 1.29 is 9.72 Å². The number of hydrogen-bond donors (Lipinski definition) is 4. The molecule has 19 heavy (non-hydrogen) atoms. The molecule has 0 saturated heterocycles. The predicted octanol–water partition coefficient (Wildman–Crippen LogP) is -1.09. The summed E-state index contributed by atoms with van der Waals surface area (Å²) < 4.78 is 0. The average molecular weight is 265 g/mol. The molecule has 0 aliphatic rings. The molecule has 0 bridgehead atoms. The SMILES string of the molecule is NC(=O)c1ccc(N=C(N)N=C(N)N)cc1[N+](=O)[O-]. The molecule has 0 spiro atoms. The van der Waals surface area contributed by atoms with Crippen LogP contribution in [0.25, 0.3) is 0 Å². The highest BCUT2D eigenvalue weighted by atomic mass is 16.6. The Kier molecular flexibility index (Phi) is 3.98. The van der Waals surface area contributed by atoms with E-state index < -0.39 is 16.5 Å². The third-order valence-corrected chi connectivity index (χ3v) is 1.93. The summed E-state index contributed by atoms with van der Waals surface area (Å²) in [4.78, 5) is 28.2. The number of aliphatic imine (C=N–C) groups is 2. The number of hydrogen-bond acceptors (Lipinski definition) is 4. The zero-order valence-electron chi connectivity index (χ0n) is 9.61. The van der Waals surface area contributed by atoms with Gasteiger partial charge in [0.15, 0.2) is 5.96 Å². The minimum atomic E-state index is -0.917. The first kappa shape index (κ1) is 13.9. The molecule has 0 aliphatic heterocycles. The van der Waals surface area contributed by atoms with Gasteiger partial charge in [-0.1, -0.05) is 0 Å². The second-order valence-corrected chi connectivity index (χ2v) is 3.33. The first-order valence-corrected chi connectivity index (χ1v) is 4.83. The first-order chi connectivity index (χ1) is 8.81. The van der Waals surface area contributed by atoms with E-state index in [1.54, 1.807) is 0 Å². The van der Waals surface area contributed by atoms with Gasteiger partial charge >= 0.3 is 0 Å². The molecule has 1 rings (SSSR count). The molecule has 0 aromatic heterocycles. The van der Waals surface area contributed by atoms with Gasteiger partial charge in [0.1, 0.15) is 5.56 Å². The molecule has 8 N–H and O–H groups in total. The topological polar surface area (TPSA) is 189 Å². The maximum Gasteiger partial charge on any atom is 0.284 e. The molecule has 0 atom stereocenters. The number of carbonyl (C=O) groups excluding carboxylic acids is 1. The van der Waals surface area contributed by atoms with E-state index in [-0.39, 0.29) is 23.2 Å². The number of nitrogens with two attached hydrogens (primary N) is 4. The number of primary amides is 1. The number of benzene rings is 1. The Labute approximate surface area is 106 Å². The summed E-state index contributed by atoms with van der Waals surface area (Å²) in [5.74, 6) is -1.50. The van der Waals surface area contributed by atoms with E-state index in [4.69, 9.17) is 22.9 Å². The van der Waals surface area contributed by atoms with Crippen LogP contribution in [0.2, 0.25) is 0 Å². The van der Waals surface area contributed by atoms with E-state index in [2.05, 4.69) is 9.98 Å². The van der Waals surface area contributed by atoms with Gasteiger partial charge in [0, 0.05) is 6.07 Å². The van der Waals surface area contributed by atoms with Crippen LogP contribution >= 0.6 is 0 Å². The molecule has 0 unspecified atom stereocenters. The lowest BCUT2D eigenvalue weighted by Gasteiger charge is -2.00. The molecular formula is C9H11N7O3. The fraction of sp³-hybridized carbons (Fsp3) is 0. The molecular weight excluding hydrogens is 254 g/mol. The fourth-order valence-electron chi connectivity index (χ4n) is 1.24. The molecule has 1 aromatic rings. The number of carbonyl (C=O) groups is 1. The van der Waals surface area contributed by atoms with Gasteiger partial charge in [-0.05, 0) is 12.1 Å². The Balaban J connectivity index is 3.27. The number of nitro groups is 1. The Hall–Kier alpha value is -3.17. The van der Waals surface area contributed by atoms with Gasteiger partial charge < -0.3 is 22.9 Å². The van der Waals surface area contributed by atoms with Gasteiger partial charge in [-0.15, -0.1) is 0 Å². The molecule has 0 radical (unpaired) electrons. The van der Waals surface area contributed by atoms with Crippen LogP contribution in [0.3, 0.4) is 0 Å². The molecule has 1 aromatic carbocycles. The fourth-order valence-corrected chi connectivity index (χ4v) is 1.24. The average Bonchev–Trinajstić information content (AvgIpc) is 2.27. The van der Waals surface area contributed by atoms with Crippen molar-refractivity contribution in [3.63, 3.8) is 0 Å². The quantitative estimate of drug-likeness (QED) is 0.232. The summed E-state index contributed by atoms with van der Waals surface area (Å²) in [6, 6.07) is 3.53. The van der Waals surface area contributed by atoms with Crippen LogP contribution in [0.4, 0.5) is 11.4 Å². The monoisotopic (exact) mass is 265 g/mol. The van der Waals surface area contributed by atoms with E-state index in [0.29, 0.717) is 0 Å². The molecule has 10 heteroatoms. The lowest BCUT2D eigenvalue weighted by atomic mass is 10.1. The highest BCUT2D eigenvalue weighted by Gasteiger charge is 2.18. The predicted molar refractivity (Wildman–Crippen MR) is 68.7 cm³/mol. The van der Waals surface area contributed by atoms with Gasteiger partial charge in [-0.3, -0.25) is 14.9 Å². The number of amides is 1. The standard InChI is InChI=1S/C9H11N7O3/c10-7(17)5-2-1-4(3-6(5)16(18)19)14-9(13)15-8(11)12/h1-3H,(H2,10,17)(H6,11,12,13,14,15). The molecule has 10 nitrogen and oxygen atoms in total. The Morgan fingerprint density at radius 2 is 1.84 bits per heavy atom. The van der Waals surface area contributed by atoms with Gasteiger partial charge in [-0.25, -0.2) is 4.99 Å². The van der Waals surface area contributed by atoms with Gasteiger partial charge in [-0.2, -0.15) is 4.99 Å². The van der Waals surface area contributed by atoms with Crippen molar-refractivity contribution in [2.75, 3.05) is 0 Å². The van der Waals surface area contributed by atoms with E-state index in [1.165, 1.54) is 12.1 Å². The van der Waals surface area contributed by atoms with Crippen molar-refractivity contribution in [1.29, 1.82) is 0 Å². The zero-order chi connectivity index (χ0) is 14.6. The second kappa shape index (κ2) is 5.44. The maximum atomic E-state index is 11.0. The summed E-state index contributed by atoms with van der Waals surface area (Å²) in [5.41, 5.74) is 20.0. The van der Waals surface area contributed by atoms with Crippen LogP contribution in [-0.2, 0) is 0 Å². The molecule has 0 saturated carbocycles. The Morgan fingerprint density at radius 3 is 2.32 bits per heavy atom. The van der Waals surface area contributed by atoms with Crippen molar-refractivity contribution >= 4 is 29.2 Å². The second-order valence-electron chi connectivity index (χ2n) is 3.33. The van der Waals surface area contributed by atoms with Gasteiger partial charge in [0.2, 0.25) is 5.96 Å². The normalized spacial score (nSPS) is 10.8. The van der Waals surface area contributed by atoms with Crippen LogP contribution in [0.5, 0.6) is 0 Å². The largest absolute Gasteiger partial charge is 0.370 e. The van der Waals surface area contributed by atoms with Crippen LogP contribution in [0.15, 0.2) is 28.2 Å². The van der Waals surface area contributed by atoms with Crippen LogP contribution in [0, 0.1) is 10.1 Å². The summed E-state index contributed by atoms with van der Waals surface area (Å²) in [5, 5.41) is 10.8. The summed E-state index contributed by atoms with van der Waals surface area (Å²) >= 11 is 0. The number of nitrogens with zero attached hydrogens (tertiary/aromatic N) is 3. The summed E-state index contributed by atoms with van der Waals surface area (Å²) in [7, 11) is 0. The third-order valence-electron chi connectivity index (χ3n) is 1.93. The van der Waals surface area contributed by atoms with E-state index in [9.17, 15) is 14.9 Å². The van der Waals surface area contributed by atoms with Gasteiger partial charge in [0.25, 0.3) is 11.6 Å². The van der Waals surface area contributed by atoms with Crippen LogP contribution < -0.4 is 22.9 Å². The minimum Gasteiger partial charge on any atom is -0.370 e. The van der Waals surface area contributed by atoms with Crippen LogP contribution in [-0.4, -0.2) is 22.7 Å². The highest BCUT2D eigenvalue weighted by Crippen LogP contribution is 2.24. The number of rotatable bonds is 3. The maximum absolute atomic E-state index is 11.0. The zero-order valence-corrected chi connectivity index (χ0v) is 9.61. The lowest BCUT2D eigenvalue weighted by molar-refractivity contribution is -0.385. The first-order valence-electron chi connectivity index (χ1n) is 4.83. The third kappa shape index (κ3) is 3.66. The van der Waals surface area contributed by atoms with Crippen molar-refractivity contribution in [3.8, 4) is 0 Å². The molecule has 1 amide bonds. The smallest absolute Gasteiger partial charge is 0.284 e. The van der Waals surface area contributed by atoms with E-state index >= 15 is 0 Å². The Bertz CT molecular complexity index is 589.